The van der Waals surface area contributed by atoms with Crippen molar-refractivity contribution in [2.75, 3.05) is 41.2 Å². The molecule has 1 aliphatic heterocycles. The number of anilines is 3. The van der Waals surface area contributed by atoms with Gasteiger partial charge in [0.2, 0.25) is 0 Å². The van der Waals surface area contributed by atoms with E-state index < -0.39 is 0 Å². The molecule has 0 fully saturated rings. The lowest BCUT2D eigenvalue weighted by molar-refractivity contribution is 0.0986. The highest BCUT2D eigenvalue weighted by Gasteiger charge is 2.22. The Kier molecular flexibility index (Phi) is 6.35. The van der Waals surface area contributed by atoms with E-state index in [0.29, 0.717) is 0 Å². The predicted octanol–water partition coefficient (Wildman–Crippen LogP) is 4.86. The zero-order valence-corrected chi connectivity index (χ0v) is 16.8. The van der Waals surface area contributed by atoms with Gasteiger partial charge >= 0.3 is 0 Å². The summed E-state index contributed by atoms with van der Waals surface area (Å²) < 4.78 is 0. The second-order valence-corrected chi connectivity index (χ2v) is 6.52. The predicted molar refractivity (Wildman–Crippen MR) is 115 cm³/mol. The molecule has 2 aromatic rings. The Morgan fingerprint density at radius 3 is 1.74 bits per heavy atom. The van der Waals surface area contributed by atoms with E-state index in [0.717, 1.165) is 37.4 Å². The van der Waals surface area contributed by atoms with E-state index in [1.54, 1.807) is 5.17 Å². The largest absolute Gasteiger partial charge is 0.372 e. The molecule has 1 atom stereocenters. The van der Waals surface area contributed by atoms with Gasteiger partial charge in [0.1, 0.15) is 6.10 Å². The quantitative estimate of drug-likeness (QED) is 0.668. The minimum atomic E-state index is -0.154. The highest BCUT2D eigenvalue weighted by Crippen LogP contribution is 2.29. The Hall–Kier alpha value is -2.53. The van der Waals surface area contributed by atoms with Crippen molar-refractivity contribution in [3.8, 4) is 0 Å². The maximum atomic E-state index is 6.02. The third kappa shape index (κ3) is 4.25. The first-order chi connectivity index (χ1) is 13.2. The number of rotatable bonds is 8. The average molecular weight is 367 g/mol. The van der Waals surface area contributed by atoms with Gasteiger partial charge in [0.25, 0.3) is 0 Å². The normalized spacial score (nSPS) is 16.0. The molecule has 0 aliphatic carbocycles. The number of hydrazone groups is 1. The summed E-state index contributed by atoms with van der Waals surface area (Å²) in [6, 6.07) is 16.9. The SMILES string of the molecule is CCN(CC)c1ccc(C2C=NN(c3ccc(N(CC)CC)cc3)O2)cc1. The molecular formula is C22H30N4O. The zero-order valence-electron chi connectivity index (χ0n) is 16.8. The van der Waals surface area contributed by atoms with Gasteiger partial charge < -0.3 is 9.80 Å². The second-order valence-electron chi connectivity index (χ2n) is 6.52. The highest BCUT2D eigenvalue weighted by molar-refractivity contribution is 5.70. The lowest BCUT2D eigenvalue weighted by Crippen LogP contribution is -2.22. The Balaban J connectivity index is 1.66. The standard InChI is InChI=1S/C22H30N4O/c1-5-24(6-2)19-11-9-18(10-12-19)22-17-23-26(27-22)21-15-13-20(14-16-21)25(7-3)8-4/h9-17,22H,5-8H2,1-4H3. The molecule has 2 aromatic carbocycles. The molecule has 144 valence electrons. The van der Waals surface area contributed by atoms with Crippen molar-refractivity contribution < 1.29 is 4.84 Å². The van der Waals surface area contributed by atoms with Crippen LogP contribution in [0.5, 0.6) is 0 Å². The van der Waals surface area contributed by atoms with Crippen LogP contribution in [-0.4, -0.2) is 32.4 Å². The molecule has 0 bridgehead atoms. The zero-order chi connectivity index (χ0) is 19.2. The van der Waals surface area contributed by atoms with Crippen molar-refractivity contribution in [2.24, 2.45) is 5.10 Å². The number of benzene rings is 2. The van der Waals surface area contributed by atoms with Gasteiger partial charge in [-0.2, -0.15) is 5.10 Å². The van der Waals surface area contributed by atoms with Gasteiger partial charge in [-0.05, 0) is 69.7 Å². The minimum Gasteiger partial charge on any atom is -0.372 e. The van der Waals surface area contributed by atoms with E-state index in [4.69, 9.17) is 4.84 Å². The van der Waals surface area contributed by atoms with Crippen molar-refractivity contribution in [1.82, 2.24) is 0 Å². The third-order valence-electron chi connectivity index (χ3n) is 5.07. The first-order valence-electron chi connectivity index (χ1n) is 9.91. The first-order valence-corrected chi connectivity index (χ1v) is 9.91. The van der Waals surface area contributed by atoms with E-state index >= 15 is 0 Å². The van der Waals surface area contributed by atoms with E-state index in [-0.39, 0.29) is 6.10 Å². The number of hydrogen-bond acceptors (Lipinski definition) is 5. The monoisotopic (exact) mass is 366 g/mol. The summed E-state index contributed by atoms with van der Waals surface area (Å²) in [6.07, 6.45) is 1.70. The molecule has 5 nitrogen and oxygen atoms in total. The van der Waals surface area contributed by atoms with E-state index in [1.807, 2.05) is 6.21 Å². The number of hydrogen-bond donors (Lipinski definition) is 0. The molecule has 3 rings (SSSR count). The van der Waals surface area contributed by atoms with Crippen molar-refractivity contribution in [3.63, 3.8) is 0 Å². The van der Waals surface area contributed by atoms with Crippen molar-refractivity contribution in [1.29, 1.82) is 0 Å². The van der Waals surface area contributed by atoms with Gasteiger partial charge in [-0.15, -0.1) is 5.17 Å². The first kappa shape index (κ1) is 19.2. The summed E-state index contributed by atoms with van der Waals surface area (Å²) in [5.41, 5.74) is 4.50. The Morgan fingerprint density at radius 1 is 0.778 bits per heavy atom. The molecule has 0 radical (unpaired) electrons. The number of nitrogens with zero attached hydrogens (tertiary/aromatic N) is 4. The van der Waals surface area contributed by atoms with Crippen LogP contribution >= 0.6 is 0 Å². The van der Waals surface area contributed by atoms with Gasteiger partial charge in [-0.25, -0.2) is 4.84 Å². The highest BCUT2D eigenvalue weighted by atomic mass is 16.7. The Labute approximate surface area is 162 Å². The molecule has 27 heavy (non-hydrogen) atoms. The van der Waals surface area contributed by atoms with Gasteiger partial charge in [0.05, 0.1) is 11.9 Å². The smallest absolute Gasteiger partial charge is 0.150 e. The van der Waals surface area contributed by atoms with Crippen molar-refractivity contribution in [3.05, 3.63) is 54.1 Å². The lowest BCUT2D eigenvalue weighted by Gasteiger charge is -2.22. The van der Waals surface area contributed by atoms with E-state index in [2.05, 4.69) is 91.1 Å². The molecule has 0 N–H and O–H groups in total. The molecule has 1 heterocycles. The third-order valence-corrected chi connectivity index (χ3v) is 5.07. The van der Waals surface area contributed by atoms with Crippen LogP contribution in [-0.2, 0) is 4.84 Å². The van der Waals surface area contributed by atoms with E-state index in [9.17, 15) is 0 Å². The maximum Gasteiger partial charge on any atom is 0.150 e. The Morgan fingerprint density at radius 2 is 1.26 bits per heavy atom. The summed E-state index contributed by atoms with van der Waals surface area (Å²) in [4.78, 5) is 10.7. The maximum absolute atomic E-state index is 6.02. The molecule has 5 heteroatoms. The average Bonchev–Trinajstić information content (AvgIpc) is 3.21. The van der Waals surface area contributed by atoms with Crippen LogP contribution in [0.2, 0.25) is 0 Å². The van der Waals surface area contributed by atoms with Crippen LogP contribution in [0.4, 0.5) is 17.1 Å². The van der Waals surface area contributed by atoms with Gasteiger partial charge in [-0.3, -0.25) is 0 Å². The minimum absolute atomic E-state index is 0.154. The van der Waals surface area contributed by atoms with Crippen molar-refractivity contribution >= 4 is 23.3 Å². The fourth-order valence-electron chi connectivity index (χ4n) is 3.40. The summed E-state index contributed by atoms with van der Waals surface area (Å²) in [5.74, 6) is 0. The van der Waals surface area contributed by atoms with E-state index in [1.165, 1.54) is 11.4 Å². The fourth-order valence-corrected chi connectivity index (χ4v) is 3.40. The lowest BCUT2D eigenvalue weighted by atomic mass is 10.1. The second kappa shape index (κ2) is 8.91. The molecule has 0 saturated heterocycles. The van der Waals surface area contributed by atoms with Gasteiger partial charge in [0.15, 0.2) is 0 Å². The van der Waals surface area contributed by atoms with Crippen LogP contribution in [0.15, 0.2) is 53.6 Å². The Bertz CT molecular complexity index is 670. The van der Waals surface area contributed by atoms with Crippen LogP contribution in [0.1, 0.15) is 39.4 Å². The molecule has 1 aliphatic rings. The van der Waals surface area contributed by atoms with Crippen LogP contribution in [0, 0.1) is 0 Å². The molecular weight excluding hydrogens is 336 g/mol. The summed E-state index contributed by atoms with van der Waals surface area (Å²) in [7, 11) is 0. The fraction of sp³-hybridized carbons (Fsp3) is 0.409. The summed E-state index contributed by atoms with van der Waals surface area (Å²) >= 11 is 0. The molecule has 0 amide bonds. The van der Waals surface area contributed by atoms with Crippen molar-refractivity contribution in [2.45, 2.75) is 33.8 Å². The van der Waals surface area contributed by atoms with Crippen LogP contribution in [0.3, 0.4) is 0 Å². The molecule has 0 spiro atoms. The molecule has 1 unspecified atom stereocenters. The topological polar surface area (TPSA) is 31.3 Å². The summed E-state index contributed by atoms with van der Waals surface area (Å²) in [5, 5.41) is 6.04. The van der Waals surface area contributed by atoms with Gasteiger partial charge in [0, 0.05) is 37.6 Å². The van der Waals surface area contributed by atoms with Crippen LogP contribution < -0.4 is 15.0 Å². The molecule has 0 saturated carbocycles. The van der Waals surface area contributed by atoms with Crippen LogP contribution in [0.25, 0.3) is 0 Å². The summed E-state index contributed by atoms with van der Waals surface area (Å²) in [6.45, 7) is 12.7. The molecule has 0 aromatic heterocycles. The van der Waals surface area contributed by atoms with Gasteiger partial charge in [-0.1, -0.05) is 12.1 Å².